The molecule has 9 heteroatoms. The van der Waals surface area contributed by atoms with Crippen LogP contribution < -0.4 is 21.3 Å². The van der Waals surface area contributed by atoms with Crippen molar-refractivity contribution in [1.82, 2.24) is 15.6 Å². The molecule has 2 heterocycles. The third-order valence-electron chi connectivity index (χ3n) is 4.96. The van der Waals surface area contributed by atoms with Gasteiger partial charge in [-0.05, 0) is 49.7 Å². The summed E-state index contributed by atoms with van der Waals surface area (Å²) >= 11 is 7.41. The topological polar surface area (TPSA) is 95.2 Å². The minimum atomic E-state index is -0.278. The first-order valence-electron chi connectivity index (χ1n) is 9.90. The minimum absolute atomic E-state index is 0.105. The molecule has 4 rings (SSSR count). The van der Waals surface area contributed by atoms with Crippen molar-refractivity contribution in [2.24, 2.45) is 0 Å². The van der Waals surface area contributed by atoms with Gasteiger partial charge in [-0.2, -0.15) is 0 Å². The van der Waals surface area contributed by atoms with Crippen LogP contribution in [0, 0.1) is 6.92 Å². The van der Waals surface area contributed by atoms with Crippen LogP contribution in [-0.4, -0.2) is 35.9 Å². The van der Waals surface area contributed by atoms with Crippen molar-refractivity contribution in [1.29, 1.82) is 0 Å². The SMILES string of the molecule is Cc1cccc(Cl)c1NC(=O)c1cnc(Nc2cccc(C(=O)N[C@H]3CCNC3)c2)s1. The maximum atomic E-state index is 12.6. The van der Waals surface area contributed by atoms with E-state index in [1.165, 1.54) is 17.5 Å². The Hall–Kier alpha value is -2.94. The van der Waals surface area contributed by atoms with Crippen molar-refractivity contribution >= 4 is 51.3 Å². The molecule has 1 aromatic heterocycles. The van der Waals surface area contributed by atoms with Gasteiger partial charge in [0.1, 0.15) is 4.88 Å². The molecule has 0 radical (unpaired) electrons. The van der Waals surface area contributed by atoms with Gasteiger partial charge in [-0.25, -0.2) is 4.98 Å². The highest BCUT2D eigenvalue weighted by Crippen LogP contribution is 2.28. The number of halogens is 1. The molecule has 160 valence electrons. The van der Waals surface area contributed by atoms with Gasteiger partial charge in [0.25, 0.3) is 11.8 Å². The summed E-state index contributed by atoms with van der Waals surface area (Å²) in [7, 11) is 0. The molecule has 7 nitrogen and oxygen atoms in total. The highest BCUT2D eigenvalue weighted by atomic mass is 35.5. The molecule has 2 amide bonds. The lowest BCUT2D eigenvalue weighted by Gasteiger charge is -2.12. The Morgan fingerprint density at radius 1 is 1.19 bits per heavy atom. The molecule has 0 aliphatic carbocycles. The molecule has 0 saturated carbocycles. The quantitative estimate of drug-likeness (QED) is 0.447. The fourth-order valence-corrected chi connectivity index (χ4v) is 4.31. The number of benzene rings is 2. The summed E-state index contributed by atoms with van der Waals surface area (Å²) in [5, 5.41) is 13.3. The molecular formula is C22H22ClN5O2S. The van der Waals surface area contributed by atoms with E-state index in [-0.39, 0.29) is 17.9 Å². The second-order valence-electron chi connectivity index (χ2n) is 7.28. The highest BCUT2D eigenvalue weighted by Gasteiger charge is 2.18. The van der Waals surface area contributed by atoms with E-state index in [1.807, 2.05) is 31.2 Å². The number of carbonyl (C=O) groups is 2. The Balaban J connectivity index is 1.41. The van der Waals surface area contributed by atoms with Crippen LogP contribution in [0.25, 0.3) is 0 Å². The molecule has 1 atom stereocenters. The molecule has 0 bridgehead atoms. The van der Waals surface area contributed by atoms with E-state index in [1.54, 1.807) is 18.2 Å². The average molecular weight is 456 g/mol. The molecular weight excluding hydrogens is 434 g/mol. The first kappa shape index (κ1) is 21.3. The number of nitrogens with zero attached hydrogens (tertiary/aromatic N) is 1. The lowest BCUT2D eigenvalue weighted by Crippen LogP contribution is -2.36. The van der Waals surface area contributed by atoms with Gasteiger partial charge in [0, 0.05) is 23.8 Å². The molecule has 1 saturated heterocycles. The van der Waals surface area contributed by atoms with Gasteiger partial charge in [-0.15, -0.1) is 0 Å². The minimum Gasteiger partial charge on any atom is -0.348 e. The summed E-state index contributed by atoms with van der Waals surface area (Å²) < 4.78 is 0. The Kier molecular flexibility index (Phi) is 6.50. The predicted octanol–water partition coefficient (Wildman–Crippen LogP) is 4.19. The Bertz CT molecular complexity index is 1090. The number of amides is 2. The lowest BCUT2D eigenvalue weighted by atomic mass is 10.1. The van der Waals surface area contributed by atoms with Crippen LogP contribution in [-0.2, 0) is 0 Å². The first-order valence-corrected chi connectivity index (χ1v) is 11.1. The van der Waals surface area contributed by atoms with E-state index in [4.69, 9.17) is 11.6 Å². The number of hydrogen-bond donors (Lipinski definition) is 4. The van der Waals surface area contributed by atoms with Crippen LogP contribution in [0.5, 0.6) is 0 Å². The fraction of sp³-hybridized carbons (Fsp3) is 0.227. The number of para-hydroxylation sites is 1. The second-order valence-corrected chi connectivity index (χ2v) is 8.72. The van der Waals surface area contributed by atoms with E-state index < -0.39 is 0 Å². The first-order chi connectivity index (χ1) is 15.0. The molecule has 2 aromatic carbocycles. The maximum absolute atomic E-state index is 12.6. The zero-order valence-electron chi connectivity index (χ0n) is 16.9. The molecule has 4 N–H and O–H groups in total. The largest absolute Gasteiger partial charge is 0.348 e. The van der Waals surface area contributed by atoms with Crippen LogP contribution in [0.3, 0.4) is 0 Å². The van der Waals surface area contributed by atoms with Crippen molar-refractivity contribution < 1.29 is 9.59 Å². The lowest BCUT2D eigenvalue weighted by molar-refractivity contribution is 0.0939. The standard InChI is InChI=1S/C22H22ClN5O2S/c1-13-4-2-7-17(23)19(13)28-21(30)18-12-25-22(31-18)27-15-6-3-5-14(10-15)20(29)26-16-8-9-24-11-16/h2-7,10,12,16,24H,8-9,11H2,1H3,(H,25,27)(H,26,29)(H,28,30)/t16-/m0/s1. The Labute approximate surface area is 189 Å². The summed E-state index contributed by atoms with van der Waals surface area (Å²) in [6.45, 7) is 3.59. The van der Waals surface area contributed by atoms with Crippen molar-refractivity contribution in [2.45, 2.75) is 19.4 Å². The van der Waals surface area contributed by atoms with Crippen LogP contribution in [0.1, 0.15) is 32.0 Å². The van der Waals surface area contributed by atoms with E-state index in [9.17, 15) is 9.59 Å². The molecule has 1 fully saturated rings. The number of rotatable bonds is 6. The number of nitrogens with one attached hydrogen (secondary N) is 4. The molecule has 31 heavy (non-hydrogen) atoms. The van der Waals surface area contributed by atoms with E-state index in [0.29, 0.717) is 26.3 Å². The number of thiazole rings is 1. The summed E-state index contributed by atoms with van der Waals surface area (Å²) in [6, 6.07) is 12.8. The number of hydrogen-bond acceptors (Lipinski definition) is 6. The molecule has 1 aliphatic heterocycles. The summed E-state index contributed by atoms with van der Waals surface area (Å²) in [5.74, 6) is -0.383. The molecule has 3 aromatic rings. The summed E-state index contributed by atoms with van der Waals surface area (Å²) in [5.41, 5.74) is 2.77. The molecule has 1 aliphatic rings. The van der Waals surface area contributed by atoms with E-state index >= 15 is 0 Å². The molecule has 0 spiro atoms. The zero-order valence-corrected chi connectivity index (χ0v) is 18.4. The number of anilines is 3. The summed E-state index contributed by atoms with van der Waals surface area (Å²) in [4.78, 5) is 29.8. The maximum Gasteiger partial charge on any atom is 0.267 e. The predicted molar refractivity (Wildman–Crippen MR) is 125 cm³/mol. The fourth-order valence-electron chi connectivity index (χ4n) is 3.31. The number of carbonyl (C=O) groups excluding carboxylic acids is 2. The number of aryl methyl sites for hydroxylation is 1. The Morgan fingerprint density at radius 3 is 2.81 bits per heavy atom. The van der Waals surface area contributed by atoms with Crippen LogP contribution >= 0.6 is 22.9 Å². The van der Waals surface area contributed by atoms with Crippen LogP contribution in [0.2, 0.25) is 5.02 Å². The van der Waals surface area contributed by atoms with Crippen LogP contribution in [0.15, 0.2) is 48.7 Å². The van der Waals surface area contributed by atoms with Crippen molar-refractivity contribution in [2.75, 3.05) is 23.7 Å². The monoisotopic (exact) mass is 455 g/mol. The van der Waals surface area contributed by atoms with Gasteiger partial charge in [-0.3, -0.25) is 9.59 Å². The Morgan fingerprint density at radius 2 is 2.03 bits per heavy atom. The highest BCUT2D eigenvalue weighted by molar-refractivity contribution is 7.17. The van der Waals surface area contributed by atoms with Gasteiger partial charge in [0.05, 0.1) is 16.9 Å². The van der Waals surface area contributed by atoms with Gasteiger partial charge < -0.3 is 21.3 Å². The average Bonchev–Trinajstić information content (AvgIpc) is 3.43. The summed E-state index contributed by atoms with van der Waals surface area (Å²) in [6.07, 6.45) is 2.44. The van der Waals surface area contributed by atoms with Crippen molar-refractivity contribution in [3.63, 3.8) is 0 Å². The smallest absolute Gasteiger partial charge is 0.267 e. The van der Waals surface area contributed by atoms with E-state index in [2.05, 4.69) is 26.3 Å². The van der Waals surface area contributed by atoms with Gasteiger partial charge in [0.2, 0.25) is 0 Å². The third-order valence-corrected chi connectivity index (χ3v) is 6.19. The van der Waals surface area contributed by atoms with Gasteiger partial charge in [0.15, 0.2) is 5.13 Å². The zero-order chi connectivity index (χ0) is 21.8. The van der Waals surface area contributed by atoms with Gasteiger partial charge >= 0.3 is 0 Å². The van der Waals surface area contributed by atoms with Crippen molar-refractivity contribution in [3.05, 3.63) is 69.7 Å². The van der Waals surface area contributed by atoms with Crippen molar-refractivity contribution in [3.8, 4) is 0 Å². The second kappa shape index (κ2) is 9.47. The third kappa shape index (κ3) is 5.22. The normalized spacial score (nSPS) is 15.5. The number of aromatic nitrogens is 1. The van der Waals surface area contributed by atoms with Crippen LogP contribution in [0.4, 0.5) is 16.5 Å². The van der Waals surface area contributed by atoms with E-state index in [0.717, 1.165) is 30.8 Å². The van der Waals surface area contributed by atoms with Gasteiger partial charge in [-0.1, -0.05) is 41.1 Å². The molecule has 0 unspecified atom stereocenters.